The number of aromatic nitrogens is 2. The molecule has 2 N–H and O–H groups in total. The molecule has 0 aliphatic carbocycles. The van der Waals surface area contributed by atoms with Gasteiger partial charge in [-0.3, -0.25) is 4.79 Å². The molecule has 0 saturated carbocycles. The second-order valence-corrected chi connectivity index (χ2v) is 3.47. The molecule has 0 saturated heterocycles. The van der Waals surface area contributed by atoms with Crippen LogP contribution in [0, 0.1) is 0 Å². The number of amides is 1. The molecule has 5 nitrogen and oxygen atoms in total. The van der Waals surface area contributed by atoms with E-state index in [1.807, 2.05) is 0 Å². The maximum absolute atomic E-state index is 11.4. The molecule has 0 fully saturated rings. The molecule has 0 spiro atoms. The van der Waals surface area contributed by atoms with E-state index in [1.165, 1.54) is 4.90 Å². The molecule has 0 bridgehead atoms. The first-order chi connectivity index (χ1) is 6.52. The average Bonchev–Trinajstić information content (AvgIpc) is 2.52. The number of hydrogen-bond donors (Lipinski definition) is 1. The van der Waals surface area contributed by atoms with Crippen molar-refractivity contribution >= 4 is 23.1 Å². The van der Waals surface area contributed by atoms with Crippen LogP contribution in [0.25, 0.3) is 0 Å². The van der Waals surface area contributed by atoms with Crippen molar-refractivity contribution in [1.82, 2.24) is 14.5 Å². The van der Waals surface area contributed by atoms with E-state index in [2.05, 4.69) is 4.98 Å². The minimum Gasteiger partial charge on any atom is -0.387 e. The Bertz CT molecular complexity index is 358. The van der Waals surface area contributed by atoms with Crippen molar-refractivity contribution in [2.75, 3.05) is 14.1 Å². The van der Waals surface area contributed by atoms with E-state index in [0.717, 1.165) is 0 Å². The Hall–Kier alpha value is -1.43. The molecule has 76 valence electrons. The smallest absolute Gasteiger partial charge is 0.242 e. The molecule has 0 radical (unpaired) electrons. The molecular weight excluding hydrogens is 200 g/mol. The third kappa shape index (κ3) is 2.29. The van der Waals surface area contributed by atoms with Gasteiger partial charge < -0.3 is 15.2 Å². The fraction of sp³-hybridized carbons (Fsp3) is 0.375. The topological polar surface area (TPSA) is 64.2 Å². The molecule has 1 aromatic heterocycles. The van der Waals surface area contributed by atoms with Crippen LogP contribution in [-0.2, 0) is 11.3 Å². The summed E-state index contributed by atoms with van der Waals surface area (Å²) in [5, 5.41) is 0. The number of imidazole rings is 1. The van der Waals surface area contributed by atoms with Gasteiger partial charge in [0, 0.05) is 26.5 Å². The van der Waals surface area contributed by atoms with Crippen LogP contribution < -0.4 is 5.73 Å². The minimum atomic E-state index is -0.0273. The summed E-state index contributed by atoms with van der Waals surface area (Å²) in [4.78, 5) is 17.0. The Morgan fingerprint density at radius 3 is 2.86 bits per heavy atom. The molecule has 1 aromatic rings. The summed E-state index contributed by atoms with van der Waals surface area (Å²) in [5.41, 5.74) is 5.43. The highest BCUT2D eigenvalue weighted by molar-refractivity contribution is 7.80. The normalized spacial score (nSPS) is 9.86. The monoisotopic (exact) mass is 212 g/mol. The van der Waals surface area contributed by atoms with Gasteiger partial charge in [0.25, 0.3) is 0 Å². The van der Waals surface area contributed by atoms with Gasteiger partial charge in [-0.1, -0.05) is 12.2 Å². The first kappa shape index (κ1) is 10.6. The summed E-state index contributed by atoms with van der Waals surface area (Å²) in [6.07, 6.45) is 3.24. The number of rotatable bonds is 3. The first-order valence-electron chi connectivity index (χ1n) is 4.03. The zero-order valence-corrected chi connectivity index (χ0v) is 8.91. The molecule has 0 unspecified atom stereocenters. The zero-order valence-electron chi connectivity index (χ0n) is 8.10. The van der Waals surface area contributed by atoms with E-state index in [0.29, 0.717) is 5.82 Å². The highest BCUT2D eigenvalue weighted by atomic mass is 32.1. The Labute approximate surface area is 87.5 Å². The molecular formula is C8H12N4OS. The summed E-state index contributed by atoms with van der Waals surface area (Å²) in [5.74, 6) is 0.440. The second-order valence-electron chi connectivity index (χ2n) is 3.03. The van der Waals surface area contributed by atoms with Crippen molar-refractivity contribution in [3.63, 3.8) is 0 Å². The lowest BCUT2D eigenvalue weighted by atomic mass is 10.5. The van der Waals surface area contributed by atoms with Gasteiger partial charge in [0.05, 0.1) is 0 Å². The summed E-state index contributed by atoms with van der Waals surface area (Å²) < 4.78 is 1.63. The predicted octanol–water partition coefficient (Wildman–Crippen LogP) is -0.395. The second kappa shape index (κ2) is 4.19. The quantitative estimate of drug-likeness (QED) is 0.693. The summed E-state index contributed by atoms with van der Waals surface area (Å²) in [6, 6.07) is 0. The number of nitrogens with zero attached hydrogens (tertiary/aromatic N) is 3. The van der Waals surface area contributed by atoms with Crippen molar-refractivity contribution in [3.05, 3.63) is 18.2 Å². The van der Waals surface area contributed by atoms with Gasteiger partial charge in [-0.15, -0.1) is 0 Å². The summed E-state index contributed by atoms with van der Waals surface area (Å²) in [6.45, 7) is 0.208. The first-order valence-corrected chi connectivity index (χ1v) is 4.44. The molecule has 1 amide bonds. The minimum absolute atomic E-state index is 0.0273. The molecule has 0 aromatic carbocycles. The van der Waals surface area contributed by atoms with Crippen LogP contribution in [0.3, 0.4) is 0 Å². The maximum Gasteiger partial charge on any atom is 0.242 e. The van der Waals surface area contributed by atoms with Crippen molar-refractivity contribution in [3.8, 4) is 0 Å². The van der Waals surface area contributed by atoms with E-state index < -0.39 is 0 Å². The highest BCUT2D eigenvalue weighted by Crippen LogP contribution is 1.98. The lowest BCUT2D eigenvalue weighted by Crippen LogP contribution is -2.28. The van der Waals surface area contributed by atoms with Gasteiger partial charge in [-0.25, -0.2) is 4.98 Å². The summed E-state index contributed by atoms with van der Waals surface area (Å²) >= 11 is 4.79. The maximum atomic E-state index is 11.4. The van der Waals surface area contributed by atoms with Gasteiger partial charge in [-0.2, -0.15) is 0 Å². The lowest BCUT2D eigenvalue weighted by molar-refractivity contribution is -0.129. The van der Waals surface area contributed by atoms with Gasteiger partial charge in [-0.05, 0) is 0 Å². The summed E-state index contributed by atoms with van der Waals surface area (Å²) in [7, 11) is 3.39. The number of carbonyl (C=O) groups excluding carboxylic acids is 1. The van der Waals surface area contributed by atoms with Gasteiger partial charge in [0.2, 0.25) is 5.91 Å². The van der Waals surface area contributed by atoms with E-state index >= 15 is 0 Å². The molecule has 1 rings (SSSR count). The fourth-order valence-electron chi connectivity index (χ4n) is 0.949. The molecule has 6 heteroatoms. The standard InChI is InChI=1S/C8H12N4OS/c1-11(2)6(13)5-12-4-3-10-8(12)7(9)14/h3-4H,5H2,1-2H3,(H2,9,14). The number of carbonyl (C=O) groups is 1. The van der Waals surface area contributed by atoms with Gasteiger partial charge in [0.15, 0.2) is 5.82 Å². The van der Waals surface area contributed by atoms with E-state index in [9.17, 15) is 4.79 Å². The number of likely N-dealkylation sites (N-methyl/N-ethyl adjacent to an activating group) is 1. The van der Waals surface area contributed by atoms with Crippen LogP contribution in [-0.4, -0.2) is 39.4 Å². The third-order valence-corrected chi connectivity index (χ3v) is 1.92. The molecule has 0 atom stereocenters. The Morgan fingerprint density at radius 1 is 1.71 bits per heavy atom. The Kier molecular flexibility index (Phi) is 3.19. The predicted molar refractivity (Wildman–Crippen MR) is 56.8 cm³/mol. The fourth-order valence-corrected chi connectivity index (χ4v) is 1.12. The van der Waals surface area contributed by atoms with E-state index in [1.54, 1.807) is 31.1 Å². The van der Waals surface area contributed by atoms with E-state index in [-0.39, 0.29) is 17.4 Å². The van der Waals surface area contributed by atoms with Gasteiger partial charge >= 0.3 is 0 Å². The van der Waals surface area contributed by atoms with Crippen LogP contribution in [0.15, 0.2) is 12.4 Å². The SMILES string of the molecule is CN(C)C(=O)Cn1ccnc1C(N)=S. The highest BCUT2D eigenvalue weighted by Gasteiger charge is 2.10. The number of hydrogen-bond acceptors (Lipinski definition) is 3. The van der Waals surface area contributed by atoms with E-state index in [4.69, 9.17) is 18.0 Å². The molecule has 0 aliphatic rings. The largest absolute Gasteiger partial charge is 0.387 e. The van der Waals surface area contributed by atoms with Crippen LogP contribution in [0.4, 0.5) is 0 Å². The Morgan fingerprint density at radius 2 is 2.36 bits per heavy atom. The van der Waals surface area contributed by atoms with Crippen LogP contribution in [0.1, 0.15) is 5.82 Å². The lowest BCUT2D eigenvalue weighted by Gasteiger charge is -2.11. The average molecular weight is 212 g/mol. The van der Waals surface area contributed by atoms with Gasteiger partial charge in [0.1, 0.15) is 11.5 Å². The molecule has 1 heterocycles. The van der Waals surface area contributed by atoms with Crippen LogP contribution in [0.5, 0.6) is 0 Å². The third-order valence-electron chi connectivity index (χ3n) is 1.74. The van der Waals surface area contributed by atoms with Crippen LogP contribution >= 0.6 is 12.2 Å². The van der Waals surface area contributed by atoms with Crippen molar-refractivity contribution in [1.29, 1.82) is 0 Å². The zero-order chi connectivity index (χ0) is 10.7. The molecule has 0 aliphatic heterocycles. The van der Waals surface area contributed by atoms with Crippen molar-refractivity contribution in [2.24, 2.45) is 5.73 Å². The Balaban J connectivity index is 2.82. The van der Waals surface area contributed by atoms with Crippen molar-refractivity contribution in [2.45, 2.75) is 6.54 Å². The molecule has 14 heavy (non-hydrogen) atoms. The number of thiocarbonyl (C=S) groups is 1. The van der Waals surface area contributed by atoms with Crippen molar-refractivity contribution < 1.29 is 4.79 Å². The number of nitrogens with two attached hydrogens (primary N) is 1. The van der Waals surface area contributed by atoms with Crippen LogP contribution in [0.2, 0.25) is 0 Å².